The fourth-order valence-corrected chi connectivity index (χ4v) is 4.34. The number of rotatable bonds is 8. The van der Waals surface area contributed by atoms with Gasteiger partial charge in [-0.1, -0.05) is 53.4 Å². The summed E-state index contributed by atoms with van der Waals surface area (Å²) in [5.41, 5.74) is 2.59. The van der Waals surface area contributed by atoms with Crippen molar-refractivity contribution < 1.29 is 9.59 Å². The monoisotopic (exact) mass is 430 g/mol. The average molecular weight is 431 g/mol. The van der Waals surface area contributed by atoms with Crippen LogP contribution in [0, 0.1) is 13.8 Å². The standard InChI is InChI=1S/C19H18N4O2S3/c1-12-3-5-14(6-4-12)15(24)10-28-19-21-13(2)9-17(23-19)27-11-16(25)22-18-20-7-8-26-18/h3-9H,10-11H2,1-2H3,(H,20,22,25). The molecule has 1 aromatic carbocycles. The molecule has 0 radical (unpaired) electrons. The van der Waals surface area contributed by atoms with E-state index in [9.17, 15) is 9.59 Å². The molecule has 0 spiro atoms. The first-order chi connectivity index (χ1) is 13.5. The number of aromatic nitrogens is 3. The summed E-state index contributed by atoms with van der Waals surface area (Å²) in [6.45, 7) is 3.85. The topological polar surface area (TPSA) is 84.8 Å². The van der Waals surface area contributed by atoms with E-state index >= 15 is 0 Å². The number of aryl methyl sites for hydroxylation is 2. The average Bonchev–Trinajstić information content (AvgIpc) is 3.17. The van der Waals surface area contributed by atoms with Crippen LogP contribution in [0.25, 0.3) is 0 Å². The number of thioether (sulfide) groups is 2. The van der Waals surface area contributed by atoms with Crippen molar-refractivity contribution in [1.82, 2.24) is 15.0 Å². The number of benzene rings is 1. The van der Waals surface area contributed by atoms with Crippen molar-refractivity contribution in [3.8, 4) is 0 Å². The molecule has 3 rings (SSSR count). The second-order valence-electron chi connectivity index (χ2n) is 5.88. The summed E-state index contributed by atoms with van der Waals surface area (Å²) < 4.78 is 0. The number of carbonyl (C=O) groups is 2. The van der Waals surface area contributed by atoms with Crippen molar-refractivity contribution in [1.29, 1.82) is 0 Å². The van der Waals surface area contributed by atoms with Gasteiger partial charge in [0.15, 0.2) is 16.1 Å². The molecule has 0 aliphatic carbocycles. The minimum Gasteiger partial charge on any atom is -0.301 e. The molecule has 2 aromatic heterocycles. The van der Waals surface area contributed by atoms with Crippen molar-refractivity contribution in [2.45, 2.75) is 24.0 Å². The summed E-state index contributed by atoms with van der Waals surface area (Å²) >= 11 is 4.00. The molecule has 0 bridgehead atoms. The van der Waals surface area contributed by atoms with E-state index in [4.69, 9.17) is 0 Å². The normalized spacial score (nSPS) is 10.6. The zero-order valence-corrected chi connectivity index (χ0v) is 17.8. The maximum atomic E-state index is 12.3. The van der Waals surface area contributed by atoms with Gasteiger partial charge in [-0.15, -0.1) is 11.3 Å². The summed E-state index contributed by atoms with van der Waals surface area (Å²) in [5.74, 6) is 0.385. The SMILES string of the molecule is Cc1ccc(C(=O)CSc2nc(C)cc(SCC(=O)Nc3nccs3)n2)cc1. The number of amides is 1. The molecule has 0 atom stereocenters. The smallest absolute Gasteiger partial charge is 0.236 e. The first-order valence-corrected chi connectivity index (χ1v) is 11.2. The number of nitrogens with one attached hydrogen (secondary N) is 1. The van der Waals surface area contributed by atoms with Crippen LogP contribution in [0.3, 0.4) is 0 Å². The number of hydrogen-bond donors (Lipinski definition) is 1. The van der Waals surface area contributed by atoms with Crippen molar-refractivity contribution in [2.75, 3.05) is 16.8 Å². The number of anilines is 1. The summed E-state index contributed by atoms with van der Waals surface area (Å²) in [6, 6.07) is 9.33. The van der Waals surface area contributed by atoms with Gasteiger partial charge in [0.2, 0.25) is 5.91 Å². The van der Waals surface area contributed by atoms with Crippen molar-refractivity contribution >= 4 is 51.7 Å². The molecule has 1 N–H and O–H groups in total. The van der Waals surface area contributed by atoms with E-state index in [0.29, 0.717) is 20.9 Å². The van der Waals surface area contributed by atoms with Crippen LogP contribution in [0.2, 0.25) is 0 Å². The zero-order chi connectivity index (χ0) is 19.9. The van der Waals surface area contributed by atoms with Gasteiger partial charge in [-0.25, -0.2) is 15.0 Å². The number of nitrogens with zero attached hydrogens (tertiary/aromatic N) is 3. The number of thiazole rings is 1. The lowest BCUT2D eigenvalue weighted by atomic mass is 10.1. The van der Waals surface area contributed by atoms with E-state index in [1.165, 1.54) is 34.9 Å². The van der Waals surface area contributed by atoms with E-state index in [0.717, 1.165) is 11.3 Å². The Morgan fingerprint density at radius 2 is 1.86 bits per heavy atom. The fraction of sp³-hybridized carbons (Fsp3) is 0.211. The molecule has 28 heavy (non-hydrogen) atoms. The Labute approximate surface area is 175 Å². The fourth-order valence-electron chi connectivity index (χ4n) is 2.18. The van der Waals surface area contributed by atoms with E-state index in [2.05, 4.69) is 20.3 Å². The molecular weight excluding hydrogens is 412 g/mol. The maximum Gasteiger partial charge on any atom is 0.236 e. The van der Waals surface area contributed by atoms with Crippen LogP contribution in [0.15, 0.2) is 52.1 Å². The first kappa shape index (κ1) is 20.5. The van der Waals surface area contributed by atoms with Crippen LogP contribution < -0.4 is 5.32 Å². The summed E-state index contributed by atoms with van der Waals surface area (Å²) in [7, 11) is 0. The van der Waals surface area contributed by atoms with Gasteiger partial charge in [0.1, 0.15) is 5.03 Å². The van der Waals surface area contributed by atoms with Gasteiger partial charge in [-0.2, -0.15) is 0 Å². The minimum absolute atomic E-state index is 0.0344. The highest BCUT2D eigenvalue weighted by atomic mass is 32.2. The van der Waals surface area contributed by atoms with E-state index in [1.807, 2.05) is 44.2 Å². The second kappa shape index (κ2) is 9.81. The molecule has 0 saturated carbocycles. The third kappa shape index (κ3) is 6.15. The molecule has 1 amide bonds. The van der Waals surface area contributed by atoms with Gasteiger partial charge in [0.05, 0.1) is 11.5 Å². The van der Waals surface area contributed by atoms with Crippen LogP contribution in [0.1, 0.15) is 21.6 Å². The molecule has 0 aliphatic rings. The summed E-state index contributed by atoms with van der Waals surface area (Å²) in [5, 5.41) is 6.35. The van der Waals surface area contributed by atoms with Gasteiger partial charge >= 0.3 is 0 Å². The lowest BCUT2D eigenvalue weighted by molar-refractivity contribution is -0.113. The predicted molar refractivity (Wildman–Crippen MR) is 114 cm³/mol. The van der Waals surface area contributed by atoms with Gasteiger partial charge in [-0.05, 0) is 19.9 Å². The quantitative estimate of drug-likeness (QED) is 0.247. The molecular formula is C19H18N4O2S3. The molecule has 0 unspecified atom stereocenters. The van der Waals surface area contributed by atoms with Crippen LogP contribution in [-0.4, -0.2) is 38.1 Å². The number of hydrogen-bond acceptors (Lipinski definition) is 8. The highest BCUT2D eigenvalue weighted by molar-refractivity contribution is 8.00. The van der Waals surface area contributed by atoms with Crippen LogP contribution in [-0.2, 0) is 4.79 Å². The van der Waals surface area contributed by atoms with E-state index in [1.54, 1.807) is 11.6 Å². The van der Waals surface area contributed by atoms with Gasteiger partial charge < -0.3 is 5.32 Å². The largest absolute Gasteiger partial charge is 0.301 e. The number of Topliss-reactive ketones (excluding diaryl/α,β-unsaturated/α-hetero) is 1. The number of ketones is 1. The number of carbonyl (C=O) groups excluding carboxylic acids is 2. The Morgan fingerprint density at radius 3 is 2.57 bits per heavy atom. The third-order valence-electron chi connectivity index (χ3n) is 3.55. The van der Waals surface area contributed by atoms with Gasteiger partial charge in [0, 0.05) is 22.8 Å². The lowest BCUT2D eigenvalue weighted by Crippen LogP contribution is -2.14. The van der Waals surface area contributed by atoms with Crippen LogP contribution >= 0.6 is 34.9 Å². The second-order valence-corrected chi connectivity index (χ2v) is 8.71. The molecule has 2 heterocycles. The van der Waals surface area contributed by atoms with Gasteiger partial charge in [0.25, 0.3) is 0 Å². The molecule has 0 aliphatic heterocycles. The predicted octanol–water partition coefficient (Wildman–Crippen LogP) is 4.26. The highest BCUT2D eigenvalue weighted by Crippen LogP contribution is 2.22. The van der Waals surface area contributed by atoms with Crippen LogP contribution in [0.5, 0.6) is 0 Å². The minimum atomic E-state index is -0.139. The van der Waals surface area contributed by atoms with Crippen molar-refractivity contribution in [2.24, 2.45) is 0 Å². The molecule has 3 aromatic rings. The van der Waals surface area contributed by atoms with Crippen molar-refractivity contribution in [3.05, 3.63) is 58.7 Å². The first-order valence-electron chi connectivity index (χ1n) is 8.40. The lowest BCUT2D eigenvalue weighted by Gasteiger charge is -2.06. The Hall–Kier alpha value is -2.23. The van der Waals surface area contributed by atoms with Gasteiger partial charge in [-0.3, -0.25) is 9.59 Å². The van der Waals surface area contributed by atoms with Crippen molar-refractivity contribution in [3.63, 3.8) is 0 Å². The third-order valence-corrected chi connectivity index (χ3v) is 5.99. The Morgan fingerprint density at radius 1 is 1.07 bits per heavy atom. The Kier molecular flexibility index (Phi) is 7.18. The van der Waals surface area contributed by atoms with Crippen LogP contribution in [0.4, 0.5) is 5.13 Å². The molecule has 0 fully saturated rings. The molecule has 9 heteroatoms. The summed E-state index contributed by atoms with van der Waals surface area (Å²) in [6.07, 6.45) is 1.64. The molecule has 144 valence electrons. The summed E-state index contributed by atoms with van der Waals surface area (Å²) in [4.78, 5) is 37.2. The Balaban J connectivity index is 1.55. The van der Waals surface area contributed by atoms with E-state index < -0.39 is 0 Å². The Bertz CT molecular complexity index is 960. The maximum absolute atomic E-state index is 12.3. The zero-order valence-electron chi connectivity index (χ0n) is 15.3. The van der Waals surface area contributed by atoms with E-state index in [-0.39, 0.29) is 23.2 Å². The highest BCUT2D eigenvalue weighted by Gasteiger charge is 2.11. The molecule has 0 saturated heterocycles. The molecule has 6 nitrogen and oxygen atoms in total.